The van der Waals surface area contributed by atoms with Gasteiger partial charge in [-0.2, -0.15) is 13.2 Å². The monoisotopic (exact) mass is 292 g/mol. The Balaban J connectivity index is 1.97. The number of aryl methyl sites for hydroxylation is 1. The number of aromatic nitrogens is 1. The summed E-state index contributed by atoms with van der Waals surface area (Å²) >= 11 is 0. The highest BCUT2D eigenvalue weighted by Gasteiger charge is 2.35. The second-order valence-corrected chi connectivity index (χ2v) is 5.52. The van der Waals surface area contributed by atoms with E-state index in [1.165, 1.54) is 6.07 Å². The lowest BCUT2D eigenvalue weighted by Crippen LogP contribution is -2.05. The molecule has 0 saturated heterocycles. The van der Waals surface area contributed by atoms with E-state index >= 15 is 0 Å². The Labute approximate surface area is 120 Å². The van der Waals surface area contributed by atoms with E-state index in [0.717, 1.165) is 29.7 Å². The molecule has 0 bridgehead atoms. The average Bonchev–Trinajstić information content (AvgIpc) is 3.15. The molecule has 1 aromatic carbocycles. The topological polar surface area (TPSA) is 38.9 Å². The summed E-state index contributed by atoms with van der Waals surface area (Å²) in [6.45, 7) is 1.86. The maximum absolute atomic E-state index is 12.8. The number of hydrogen-bond donors (Lipinski definition) is 1. The molecule has 2 nitrogen and oxygen atoms in total. The second-order valence-electron chi connectivity index (χ2n) is 5.52. The molecular weight excluding hydrogens is 277 g/mol. The Morgan fingerprint density at radius 1 is 1.24 bits per heavy atom. The van der Waals surface area contributed by atoms with E-state index in [1.54, 1.807) is 12.3 Å². The summed E-state index contributed by atoms with van der Waals surface area (Å²) in [7, 11) is 0. The summed E-state index contributed by atoms with van der Waals surface area (Å²) in [5.74, 6) is 0.340. The minimum absolute atomic E-state index is 0.186. The molecule has 2 atom stereocenters. The normalized spacial score (nSPS) is 21.4. The van der Waals surface area contributed by atoms with Crippen LogP contribution in [0.2, 0.25) is 0 Å². The summed E-state index contributed by atoms with van der Waals surface area (Å²) < 4.78 is 38.3. The smallest absolute Gasteiger partial charge is 0.327 e. The van der Waals surface area contributed by atoms with Crippen LogP contribution in [-0.2, 0) is 6.18 Å². The molecule has 0 spiro atoms. The highest BCUT2D eigenvalue weighted by Crippen LogP contribution is 2.40. The van der Waals surface area contributed by atoms with E-state index in [4.69, 9.17) is 5.73 Å². The second kappa shape index (κ2) is 4.84. The van der Waals surface area contributed by atoms with Gasteiger partial charge in [0.2, 0.25) is 0 Å². The third-order valence-electron chi connectivity index (χ3n) is 3.83. The molecule has 1 unspecified atom stereocenters. The number of nitrogens with zero attached hydrogens (tertiary/aromatic N) is 1. The van der Waals surface area contributed by atoms with Gasteiger partial charge in [0.05, 0.1) is 11.3 Å². The molecule has 21 heavy (non-hydrogen) atoms. The van der Waals surface area contributed by atoms with E-state index in [9.17, 15) is 13.2 Å². The first-order valence-corrected chi connectivity index (χ1v) is 6.76. The number of hydrogen-bond acceptors (Lipinski definition) is 2. The van der Waals surface area contributed by atoms with Crippen LogP contribution < -0.4 is 5.73 Å². The van der Waals surface area contributed by atoms with E-state index in [1.807, 2.05) is 13.0 Å². The maximum atomic E-state index is 12.8. The summed E-state index contributed by atoms with van der Waals surface area (Å²) in [5, 5.41) is 0. The van der Waals surface area contributed by atoms with Crippen LogP contribution in [0, 0.1) is 6.92 Å². The van der Waals surface area contributed by atoms with E-state index in [-0.39, 0.29) is 6.04 Å². The first-order valence-electron chi connectivity index (χ1n) is 6.76. The van der Waals surface area contributed by atoms with Gasteiger partial charge in [-0.3, -0.25) is 4.98 Å². The zero-order valence-electron chi connectivity index (χ0n) is 11.5. The van der Waals surface area contributed by atoms with Crippen molar-refractivity contribution in [1.82, 2.24) is 4.98 Å². The Bertz CT molecular complexity index is 679. The molecule has 1 aromatic heterocycles. The summed E-state index contributed by atoms with van der Waals surface area (Å²) in [6.07, 6.45) is -1.67. The van der Waals surface area contributed by atoms with Gasteiger partial charge in [0.1, 0.15) is 0 Å². The number of alkyl halides is 3. The van der Waals surface area contributed by atoms with Crippen LogP contribution in [-0.4, -0.2) is 11.0 Å². The molecular formula is C16H15F3N2. The van der Waals surface area contributed by atoms with Gasteiger partial charge in [0, 0.05) is 23.7 Å². The Morgan fingerprint density at radius 3 is 2.52 bits per heavy atom. The van der Waals surface area contributed by atoms with Crippen molar-refractivity contribution in [1.29, 1.82) is 0 Å². The van der Waals surface area contributed by atoms with E-state index in [2.05, 4.69) is 4.98 Å². The van der Waals surface area contributed by atoms with Gasteiger partial charge in [-0.05, 0) is 36.6 Å². The molecule has 110 valence electrons. The largest absolute Gasteiger partial charge is 0.416 e. The minimum Gasteiger partial charge on any atom is -0.327 e. The quantitative estimate of drug-likeness (QED) is 0.912. The van der Waals surface area contributed by atoms with Crippen molar-refractivity contribution in [3.05, 3.63) is 53.2 Å². The molecule has 0 amide bonds. The van der Waals surface area contributed by atoms with Crippen LogP contribution >= 0.6 is 0 Å². The zero-order valence-corrected chi connectivity index (χ0v) is 11.5. The lowest BCUT2D eigenvalue weighted by molar-refractivity contribution is -0.137. The molecule has 1 aliphatic rings. The van der Waals surface area contributed by atoms with Crippen molar-refractivity contribution in [3.63, 3.8) is 0 Å². The van der Waals surface area contributed by atoms with E-state index in [0.29, 0.717) is 17.2 Å². The number of nitrogens with two attached hydrogens (primary N) is 1. The molecule has 0 radical (unpaired) electrons. The van der Waals surface area contributed by atoms with Gasteiger partial charge in [0.15, 0.2) is 0 Å². The fourth-order valence-corrected chi connectivity index (χ4v) is 2.54. The summed E-state index contributed by atoms with van der Waals surface area (Å²) in [4.78, 5) is 4.34. The predicted molar refractivity (Wildman–Crippen MR) is 74.7 cm³/mol. The highest BCUT2D eigenvalue weighted by atomic mass is 19.4. The molecule has 1 heterocycles. The van der Waals surface area contributed by atoms with Crippen molar-refractivity contribution >= 4 is 0 Å². The van der Waals surface area contributed by atoms with Gasteiger partial charge >= 0.3 is 6.18 Å². The Hall–Kier alpha value is -1.88. The van der Waals surface area contributed by atoms with Gasteiger partial charge in [-0.25, -0.2) is 0 Å². The third-order valence-corrected chi connectivity index (χ3v) is 3.83. The van der Waals surface area contributed by atoms with Gasteiger partial charge in [-0.1, -0.05) is 18.2 Å². The van der Waals surface area contributed by atoms with Crippen molar-refractivity contribution in [3.8, 4) is 11.3 Å². The van der Waals surface area contributed by atoms with Crippen LogP contribution in [0.4, 0.5) is 13.2 Å². The van der Waals surface area contributed by atoms with Crippen LogP contribution in [0.25, 0.3) is 11.3 Å². The molecule has 3 rings (SSSR count). The predicted octanol–water partition coefficient (Wildman–Crippen LogP) is 3.89. The minimum atomic E-state index is -4.34. The number of benzene rings is 1. The first kappa shape index (κ1) is 14.1. The fraction of sp³-hybridized carbons (Fsp3) is 0.312. The average molecular weight is 292 g/mol. The number of pyridine rings is 1. The third kappa shape index (κ3) is 2.78. The molecule has 1 saturated carbocycles. The van der Waals surface area contributed by atoms with Crippen molar-refractivity contribution < 1.29 is 13.2 Å². The molecule has 1 fully saturated rings. The molecule has 0 aliphatic heterocycles. The molecule has 1 aliphatic carbocycles. The van der Waals surface area contributed by atoms with Gasteiger partial charge in [0.25, 0.3) is 0 Å². The first-order chi connectivity index (χ1) is 9.86. The number of halogens is 3. The molecule has 5 heteroatoms. The van der Waals surface area contributed by atoms with Crippen molar-refractivity contribution in [2.75, 3.05) is 0 Å². The highest BCUT2D eigenvalue weighted by molar-refractivity contribution is 5.64. The van der Waals surface area contributed by atoms with Crippen LogP contribution in [0.5, 0.6) is 0 Å². The van der Waals surface area contributed by atoms with Crippen LogP contribution in [0.1, 0.15) is 29.0 Å². The Morgan fingerprint density at radius 2 is 1.95 bits per heavy atom. The number of rotatable bonds is 2. The van der Waals surface area contributed by atoms with Gasteiger partial charge < -0.3 is 5.73 Å². The van der Waals surface area contributed by atoms with Crippen LogP contribution in [0.3, 0.4) is 0 Å². The standard InChI is InChI=1S/C16H15F3N2/c1-9-5-11(13-7-14(13)20)8-21-15(9)10-3-2-4-12(6-10)16(17,18)19/h2-6,8,13-14H,7,20H2,1H3/t13?,14-/m0/s1. The molecule has 2 N–H and O–H groups in total. The maximum Gasteiger partial charge on any atom is 0.416 e. The summed E-state index contributed by atoms with van der Waals surface area (Å²) in [5.41, 5.74) is 8.15. The lowest BCUT2D eigenvalue weighted by Gasteiger charge is -2.11. The SMILES string of the molecule is Cc1cc(C2C[C@@H]2N)cnc1-c1cccc(C(F)(F)F)c1. The lowest BCUT2D eigenvalue weighted by atomic mass is 10.0. The van der Waals surface area contributed by atoms with Crippen molar-refractivity contribution in [2.24, 2.45) is 5.73 Å². The fourth-order valence-electron chi connectivity index (χ4n) is 2.54. The summed E-state index contributed by atoms with van der Waals surface area (Å²) in [6, 6.07) is 7.41. The van der Waals surface area contributed by atoms with Crippen LogP contribution in [0.15, 0.2) is 36.5 Å². The molecule has 2 aromatic rings. The van der Waals surface area contributed by atoms with Crippen molar-refractivity contribution in [2.45, 2.75) is 31.5 Å². The zero-order chi connectivity index (χ0) is 15.2. The van der Waals surface area contributed by atoms with Gasteiger partial charge in [-0.15, -0.1) is 0 Å². The Kier molecular flexibility index (Phi) is 3.24. The van der Waals surface area contributed by atoms with E-state index < -0.39 is 11.7 Å².